The zero-order valence-electron chi connectivity index (χ0n) is 14.4. The van der Waals surface area contributed by atoms with Crippen LogP contribution in [-0.4, -0.2) is 20.1 Å². The van der Waals surface area contributed by atoms with Crippen molar-refractivity contribution in [2.45, 2.75) is 13.0 Å². The molecule has 0 fully saturated rings. The fourth-order valence-electron chi connectivity index (χ4n) is 2.96. The minimum absolute atomic E-state index is 0.661. The van der Waals surface area contributed by atoms with Gasteiger partial charge in [-0.1, -0.05) is 77.5 Å². The van der Waals surface area contributed by atoms with Gasteiger partial charge in [-0.2, -0.15) is 0 Å². The maximum absolute atomic E-state index is 11.1. The SMILES string of the molecule is Cc1ccc(C(O)C(=Cc2ccccc2)n2nnc3ccccc32)cc1. The molecule has 0 amide bonds. The highest BCUT2D eigenvalue weighted by molar-refractivity contribution is 5.83. The minimum Gasteiger partial charge on any atom is -0.382 e. The number of aliphatic hydroxyl groups excluding tert-OH is 1. The van der Waals surface area contributed by atoms with Crippen LogP contribution in [0.15, 0.2) is 78.9 Å². The van der Waals surface area contributed by atoms with Crippen LogP contribution in [0.5, 0.6) is 0 Å². The van der Waals surface area contributed by atoms with Crippen molar-refractivity contribution < 1.29 is 5.11 Å². The fourth-order valence-corrected chi connectivity index (χ4v) is 2.96. The van der Waals surface area contributed by atoms with Gasteiger partial charge in [0.1, 0.15) is 11.6 Å². The number of hydrogen-bond donors (Lipinski definition) is 1. The zero-order chi connectivity index (χ0) is 17.9. The van der Waals surface area contributed by atoms with E-state index >= 15 is 0 Å². The molecule has 1 N–H and O–H groups in total. The second kappa shape index (κ2) is 6.94. The van der Waals surface area contributed by atoms with Crippen molar-refractivity contribution in [2.24, 2.45) is 0 Å². The summed E-state index contributed by atoms with van der Waals surface area (Å²) in [6.45, 7) is 2.03. The molecule has 1 atom stereocenters. The van der Waals surface area contributed by atoms with Crippen molar-refractivity contribution in [1.29, 1.82) is 0 Å². The minimum atomic E-state index is -0.819. The lowest BCUT2D eigenvalue weighted by atomic mass is 10.0. The molecule has 0 spiro atoms. The van der Waals surface area contributed by atoms with Crippen LogP contribution in [0.1, 0.15) is 22.8 Å². The van der Waals surface area contributed by atoms with Crippen LogP contribution in [0.4, 0.5) is 0 Å². The molecule has 0 saturated carbocycles. The highest BCUT2D eigenvalue weighted by Crippen LogP contribution is 2.29. The summed E-state index contributed by atoms with van der Waals surface area (Å²) in [7, 11) is 0. The Kier molecular flexibility index (Phi) is 4.33. The lowest BCUT2D eigenvalue weighted by molar-refractivity contribution is 0.231. The Morgan fingerprint density at radius 2 is 1.62 bits per heavy atom. The van der Waals surface area contributed by atoms with Gasteiger partial charge in [-0.15, -0.1) is 5.10 Å². The Bertz CT molecular complexity index is 1050. The first-order chi connectivity index (χ1) is 12.7. The number of benzene rings is 3. The monoisotopic (exact) mass is 341 g/mol. The predicted octanol–water partition coefficient (Wildman–Crippen LogP) is 4.47. The van der Waals surface area contributed by atoms with Gasteiger partial charge in [-0.25, -0.2) is 4.68 Å². The Balaban J connectivity index is 1.87. The molecule has 4 heteroatoms. The third kappa shape index (κ3) is 3.15. The van der Waals surface area contributed by atoms with Gasteiger partial charge in [-0.3, -0.25) is 0 Å². The fraction of sp³-hybridized carbons (Fsp3) is 0.0909. The summed E-state index contributed by atoms with van der Waals surface area (Å²) in [6.07, 6.45) is 1.13. The summed E-state index contributed by atoms with van der Waals surface area (Å²) in [5, 5.41) is 19.6. The van der Waals surface area contributed by atoms with Gasteiger partial charge in [0.2, 0.25) is 0 Å². The van der Waals surface area contributed by atoms with Crippen LogP contribution in [0.2, 0.25) is 0 Å². The Morgan fingerprint density at radius 1 is 0.923 bits per heavy atom. The van der Waals surface area contributed by atoms with Crippen molar-refractivity contribution >= 4 is 22.8 Å². The van der Waals surface area contributed by atoms with Gasteiger partial charge >= 0.3 is 0 Å². The number of hydrogen-bond acceptors (Lipinski definition) is 3. The van der Waals surface area contributed by atoms with E-state index in [4.69, 9.17) is 0 Å². The first kappa shape index (κ1) is 16.2. The molecule has 0 saturated heterocycles. The quantitative estimate of drug-likeness (QED) is 0.596. The average Bonchev–Trinajstić information content (AvgIpc) is 3.11. The van der Waals surface area contributed by atoms with E-state index in [2.05, 4.69) is 10.3 Å². The van der Waals surface area contributed by atoms with E-state index in [1.807, 2.05) is 91.9 Å². The number of rotatable bonds is 4. The molecule has 0 aliphatic carbocycles. The summed E-state index contributed by atoms with van der Waals surface area (Å²) in [4.78, 5) is 0. The Labute approximate surface area is 152 Å². The summed E-state index contributed by atoms with van der Waals surface area (Å²) >= 11 is 0. The van der Waals surface area contributed by atoms with Crippen LogP contribution in [-0.2, 0) is 0 Å². The molecule has 1 heterocycles. The maximum atomic E-state index is 11.1. The first-order valence-electron chi connectivity index (χ1n) is 8.54. The van der Waals surface area contributed by atoms with Crippen LogP contribution < -0.4 is 0 Å². The maximum Gasteiger partial charge on any atom is 0.121 e. The van der Waals surface area contributed by atoms with Crippen molar-refractivity contribution in [3.8, 4) is 0 Å². The Morgan fingerprint density at radius 3 is 2.38 bits per heavy atom. The number of para-hydroxylation sites is 1. The molecule has 1 unspecified atom stereocenters. The molecule has 0 radical (unpaired) electrons. The van der Waals surface area contributed by atoms with Gasteiger partial charge in [0.15, 0.2) is 0 Å². The van der Waals surface area contributed by atoms with Gasteiger partial charge < -0.3 is 5.11 Å². The normalized spacial score (nSPS) is 13.1. The number of fused-ring (bicyclic) bond motifs is 1. The molecule has 4 nitrogen and oxygen atoms in total. The van der Waals surface area contributed by atoms with Crippen molar-refractivity contribution in [1.82, 2.24) is 15.0 Å². The molecule has 0 bridgehead atoms. The van der Waals surface area contributed by atoms with E-state index in [0.29, 0.717) is 5.70 Å². The van der Waals surface area contributed by atoms with E-state index in [1.54, 1.807) is 4.68 Å². The molecule has 128 valence electrons. The summed E-state index contributed by atoms with van der Waals surface area (Å²) in [6, 6.07) is 25.5. The van der Waals surface area contributed by atoms with Crippen LogP contribution in [0.25, 0.3) is 22.8 Å². The lowest BCUT2D eigenvalue weighted by Crippen LogP contribution is -2.09. The molecule has 26 heavy (non-hydrogen) atoms. The molecule has 4 aromatic rings. The predicted molar refractivity (Wildman–Crippen MR) is 104 cm³/mol. The zero-order valence-corrected chi connectivity index (χ0v) is 14.4. The smallest absolute Gasteiger partial charge is 0.121 e. The molecular weight excluding hydrogens is 322 g/mol. The third-order valence-electron chi connectivity index (χ3n) is 4.38. The van der Waals surface area contributed by atoms with Crippen LogP contribution in [0, 0.1) is 6.92 Å². The van der Waals surface area contributed by atoms with E-state index in [9.17, 15) is 5.11 Å². The largest absolute Gasteiger partial charge is 0.382 e. The van der Waals surface area contributed by atoms with Gasteiger partial charge in [0.25, 0.3) is 0 Å². The van der Waals surface area contributed by atoms with E-state index in [-0.39, 0.29) is 0 Å². The van der Waals surface area contributed by atoms with E-state index in [0.717, 1.165) is 27.7 Å². The standard InChI is InChI=1S/C22H19N3O/c1-16-11-13-18(14-12-16)22(26)21(15-17-7-3-2-4-8-17)25-20-10-6-5-9-19(20)23-24-25/h2-15,22,26H,1H3. The third-order valence-corrected chi connectivity index (χ3v) is 4.38. The molecule has 1 aromatic heterocycles. The first-order valence-corrected chi connectivity index (χ1v) is 8.54. The van der Waals surface area contributed by atoms with Crippen LogP contribution in [0.3, 0.4) is 0 Å². The molecule has 0 aliphatic rings. The second-order valence-electron chi connectivity index (χ2n) is 6.28. The summed E-state index contributed by atoms with van der Waals surface area (Å²) in [5.41, 5.74) is 5.28. The average molecular weight is 341 g/mol. The molecular formula is C22H19N3O. The van der Waals surface area contributed by atoms with Gasteiger partial charge in [-0.05, 0) is 36.3 Å². The molecule has 3 aromatic carbocycles. The lowest BCUT2D eigenvalue weighted by Gasteiger charge is -2.16. The van der Waals surface area contributed by atoms with E-state index < -0.39 is 6.10 Å². The molecule has 0 aliphatic heterocycles. The van der Waals surface area contributed by atoms with Crippen molar-refractivity contribution in [3.63, 3.8) is 0 Å². The van der Waals surface area contributed by atoms with Gasteiger partial charge in [0, 0.05) is 0 Å². The highest BCUT2D eigenvalue weighted by atomic mass is 16.3. The number of aliphatic hydroxyl groups is 1. The highest BCUT2D eigenvalue weighted by Gasteiger charge is 2.19. The van der Waals surface area contributed by atoms with Gasteiger partial charge in [0.05, 0.1) is 11.2 Å². The topological polar surface area (TPSA) is 50.9 Å². The van der Waals surface area contributed by atoms with Crippen molar-refractivity contribution in [2.75, 3.05) is 0 Å². The number of nitrogens with zero attached hydrogens (tertiary/aromatic N) is 3. The van der Waals surface area contributed by atoms with E-state index in [1.165, 1.54) is 0 Å². The number of aryl methyl sites for hydroxylation is 1. The second-order valence-corrected chi connectivity index (χ2v) is 6.28. The summed E-state index contributed by atoms with van der Waals surface area (Å²) in [5.74, 6) is 0. The number of aromatic nitrogens is 3. The van der Waals surface area contributed by atoms with Crippen molar-refractivity contribution in [3.05, 3.63) is 95.6 Å². The summed E-state index contributed by atoms with van der Waals surface area (Å²) < 4.78 is 1.72. The Hall–Kier alpha value is -3.24. The molecule has 4 rings (SSSR count). The van der Waals surface area contributed by atoms with Crippen LogP contribution >= 0.6 is 0 Å².